The van der Waals surface area contributed by atoms with Gasteiger partial charge in [-0.3, -0.25) is 10.1 Å². The van der Waals surface area contributed by atoms with Crippen LogP contribution in [0.2, 0.25) is 0 Å². The number of carboxylic acids is 1. The quantitative estimate of drug-likeness (QED) is 0.128. The van der Waals surface area contributed by atoms with Crippen molar-refractivity contribution in [3.05, 3.63) is 24.4 Å². The van der Waals surface area contributed by atoms with Gasteiger partial charge in [0.1, 0.15) is 5.03 Å². The van der Waals surface area contributed by atoms with Crippen LogP contribution < -0.4 is 16.0 Å². The number of nitrogens with one attached hydrogen (secondary N) is 3. The minimum atomic E-state index is -0.792. The lowest BCUT2D eigenvalue weighted by molar-refractivity contribution is -0.135. The number of unbranched alkanes of at least 4 members (excludes halogenated alkanes) is 1. The van der Waals surface area contributed by atoms with Crippen molar-refractivity contribution in [2.45, 2.75) is 54.9 Å². The first-order valence-electron chi connectivity index (χ1n) is 11.5. The summed E-state index contributed by atoms with van der Waals surface area (Å²) in [5.41, 5.74) is 0. The normalized spacial score (nSPS) is 18.6. The topological polar surface area (TPSA) is 95.5 Å². The van der Waals surface area contributed by atoms with Gasteiger partial charge in [-0.1, -0.05) is 29.7 Å². The molecule has 32 heavy (non-hydrogen) atoms. The van der Waals surface area contributed by atoms with E-state index in [4.69, 9.17) is 9.84 Å². The van der Waals surface area contributed by atoms with Gasteiger partial charge in [0.05, 0.1) is 19.4 Å². The summed E-state index contributed by atoms with van der Waals surface area (Å²) in [5, 5.41) is 19.9. The molecular weight excluding hydrogens is 464 g/mol. The van der Waals surface area contributed by atoms with E-state index in [-0.39, 0.29) is 6.54 Å². The van der Waals surface area contributed by atoms with Crippen LogP contribution in [0.1, 0.15) is 38.5 Å². The molecule has 2 atom stereocenters. The summed E-state index contributed by atoms with van der Waals surface area (Å²) in [6, 6.07) is 6.05. The molecule has 182 valence electrons. The third kappa shape index (κ3) is 13.9. The first-order valence-corrected chi connectivity index (χ1v) is 14.9. The number of aromatic nitrogens is 1. The first kappa shape index (κ1) is 27.8. The Hall–Kier alpha value is -0.490. The van der Waals surface area contributed by atoms with Gasteiger partial charge < -0.3 is 20.5 Å². The van der Waals surface area contributed by atoms with Crippen LogP contribution in [0.5, 0.6) is 0 Å². The molecule has 0 unspecified atom stereocenters. The molecule has 0 aliphatic heterocycles. The molecule has 4 N–H and O–H groups in total. The summed E-state index contributed by atoms with van der Waals surface area (Å²) < 4.78 is 6.16. The average molecular weight is 503 g/mol. The lowest BCUT2D eigenvalue weighted by Gasteiger charge is -2.30. The molecule has 0 spiro atoms. The largest absolute Gasteiger partial charge is 0.480 e. The van der Waals surface area contributed by atoms with Crippen LogP contribution in [0.4, 0.5) is 0 Å². The Labute approximate surface area is 204 Å². The third-order valence-electron chi connectivity index (χ3n) is 5.01. The second kappa shape index (κ2) is 18.9. The van der Waals surface area contributed by atoms with E-state index < -0.39 is 5.97 Å². The molecule has 7 nitrogen and oxygen atoms in total. The molecule has 1 aromatic rings. The maximum atomic E-state index is 10.4. The number of carbonyl (C=O) groups is 1. The Balaban J connectivity index is 1.38. The number of thioether (sulfide) groups is 1. The summed E-state index contributed by atoms with van der Waals surface area (Å²) in [6.45, 7) is 4.32. The van der Waals surface area contributed by atoms with Crippen molar-refractivity contribution in [1.29, 1.82) is 0 Å². The van der Waals surface area contributed by atoms with Crippen molar-refractivity contribution >= 4 is 39.3 Å². The number of hydrogen-bond acceptors (Lipinski definition) is 9. The second-order valence-electron chi connectivity index (χ2n) is 7.66. The van der Waals surface area contributed by atoms with Crippen molar-refractivity contribution in [3.63, 3.8) is 0 Å². The van der Waals surface area contributed by atoms with Crippen LogP contribution in [0.3, 0.4) is 0 Å². The molecule has 10 heteroatoms. The van der Waals surface area contributed by atoms with E-state index in [1.807, 2.05) is 40.9 Å². The van der Waals surface area contributed by atoms with Crippen molar-refractivity contribution < 1.29 is 14.6 Å². The number of aliphatic carboxylic acids is 1. The molecule has 0 saturated heterocycles. The van der Waals surface area contributed by atoms with Gasteiger partial charge in [-0.15, -0.1) is 0 Å². The molecular formula is C22H38N4O3S3. The molecule has 1 aliphatic carbocycles. The Morgan fingerprint density at radius 2 is 1.94 bits per heavy atom. The molecule has 0 amide bonds. The smallest absolute Gasteiger partial charge is 0.317 e. The van der Waals surface area contributed by atoms with E-state index in [1.54, 1.807) is 10.8 Å². The second-order valence-corrected chi connectivity index (χ2v) is 11.3. The Morgan fingerprint density at radius 1 is 1.06 bits per heavy atom. The van der Waals surface area contributed by atoms with Gasteiger partial charge in [0, 0.05) is 36.8 Å². The highest BCUT2D eigenvalue weighted by molar-refractivity contribution is 8.76. The zero-order valence-corrected chi connectivity index (χ0v) is 21.2. The zero-order valence-electron chi connectivity index (χ0n) is 18.8. The lowest BCUT2D eigenvalue weighted by Crippen LogP contribution is -2.35. The molecule has 1 aromatic heterocycles. The van der Waals surface area contributed by atoms with Gasteiger partial charge >= 0.3 is 5.97 Å². The van der Waals surface area contributed by atoms with Crippen LogP contribution in [0.25, 0.3) is 0 Å². The van der Waals surface area contributed by atoms with E-state index in [0.29, 0.717) is 18.1 Å². The molecule has 1 fully saturated rings. The fraction of sp³-hybridized carbons (Fsp3) is 0.727. The van der Waals surface area contributed by atoms with Crippen molar-refractivity contribution in [2.24, 2.45) is 0 Å². The minimum Gasteiger partial charge on any atom is -0.480 e. The zero-order chi connectivity index (χ0) is 22.7. The van der Waals surface area contributed by atoms with Crippen molar-refractivity contribution in [3.8, 4) is 0 Å². The highest BCUT2D eigenvalue weighted by atomic mass is 33.1. The van der Waals surface area contributed by atoms with Gasteiger partial charge in [-0.05, 0) is 60.9 Å². The molecule has 0 radical (unpaired) electrons. The summed E-state index contributed by atoms with van der Waals surface area (Å²) in [7, 11) is 3.67. The van der Waals surface area contributed by atoms with Gasteiger partial charge in [0.15, 0.2) is 0 Å². The van der Waals surface area contributed by atoms with Gasteiger partial charge in [0.25, 0.3) is 0 Å². The van der Waals surface area contributed by atoms with Crippen LogP contribution in [-0.2, 0) is 9.53 Å². The summed E-state index contributed by atoms with van der Waals surface area (Å²) in [5.74, 6) is 1.44. The maximum absolute atomic E-state index is 10.4. The molecule has 2 rings (SSSR count). The van der Waals surface area contributed by atoms with Gasteiger partial charge in [-0.25, -0.2) is 4.98 Å². The molecule has 1 aliphatic rings. The van der Waals surface area contributed by atoms with E-state index >= 15 is 0 Å². The summed E-state index contributed by atoms with van der Waals surface area (Å²) in [6.07, 6.45) is 9.23. The Bertz CT molecular complexity index is 601. The Kier molecular flexibility index (Phi) is 16.4. The van der Waals surface area contributed by atoms with Crippen LogP contribution in [0, 0.1) is 0 Å². The van der Waals surface area contributed by atoms with Gasteiger partial charge in [0.2, 0.25) is 0 Å². The highest BCUT2D eigenvalue weighted by Gasteiger charge is 2.26. The van der Waals surface area contributed by atoms with E-state index in [1.165, 1.54) is 19.3 Å². The molecule has 0 aromatic carbocycles. The number of carboxylic acid groups (broad SMARTS) is 1. The van der Waals surface area contributed by atoms with Crippen LogP contribution in [-0.4, -0.2) is 78.4 Å². The van der Waals surface area contributed by atoms with Crippen molar-refractivity contribution in [2.75, 3.05) is 51.0 Å². The Morgan fingerprint density at radius 3 is 2.78 bits per heavy atom. The fourth-order valence-electron chi connectivity index (χ4n) is 3.31. The van der Waals surface area contributed by atoms with Crippen molar-refractivity contribution in [1.82, 2.24) is 20.9 Å². The minimum absolute atomic E-state index is 0.0569. The van der Waals surface area contributed by atoms with Crippen LogP contribution >= 0.6 is 33.3 Å². The first-order chi connectivity index (χ1) is 15.8. The maximum Gasteiger partial charge on any atom is 0.317 e. The fourth-order valence-corrected chi connectivity index (χ4v) is 6.89. The van der Waals surface area contributed by atoms with Crippen LogP contribution in [0.15, 0.2) is 29.4 Å². The molecule has 1 heterocycles. The number of ether oxygens (including phenoxy) is 1. The SMILES string of the molecule is O=C(O)CNCCCCSCCNCCNCO[C@H]1CCCC[C@@H]1SSc1ccccn1. The standard InChI is InChI=1S/C22H38N4O3S3/c27-22(28)17-24-10-5-6-15-30-16-14-23-12-13-25-18-29-19-7-1-2-8-20(19)31-32-21-9-3-4-11-26-21/h3-4,9,11,19-20,23-25H,1-2,5-8,10,12-18H2,(H,27,28)/t19-,20-/m0/s1. The average Bonchev–Trinajstić information content (AvgIpc) is 2.81. The number of hydrogen-bond donors (Lipinski definition) is 4. The number of pyridine rings is 1. The predicted molar refractivity (Wildman–Crippen MR) is 138 cm³/mol. The number of rotatable bonds is 19. The monoisotopic (exact) mass is 502 g/mol. The molecule has 0 bridgehead atoms. The lowest BCUT2D eigenvalue weighted by atomic mass is 9.97. The highest BCUT2D eigenvalue weighted by Crippen LogP contribution is 2.40. The van der Waals surface area contributed by atoms with E-state index in [9.17, 15) is 4.79 Å². The van der Waals surface area contributed by atoms with E-state index in [0.717, 1.165) is 62.0 Å². The van der Waals surface area contributed by atoms with E-state index in [2.05, 4.69) is 27.0 Å². The predicted octanol–water partition coefficient (Wildman–Crippen LogP) is 3.47. The summed E-state index contributed by atoms with van der Waals surface area (Å²) in [4.78, 5) is 14.8. The van der Waals surface area contributed by atoms with Gasteiger partial charge in [-0.2, -0.15) is 11.8 Å². The third-order valence-corrected chi connectivity index (χ3v) is 8.91. The molecule has 1 saturated carbocycles. The summed E-state index contributed by atoms with van der Waals surface area (Å²) >= 11 is 1.95. The number of nitrogens with zero attached hydrogens (tertiary/aromatic N) is 1.